The van der Waals surface area contributed by atoms with Crippen molar-refractivity contribution in [1.82, 2.24) is 14.7 Å². The fourth-order valence-electron chi connectivity index (χ4n) is 2.57. The Bertz CT molecular complexity index is 926. The predicted octanol–water partition coefficient (Wildman–Crippen LogP) is 3.65. The number of benzene rings is 1. The van der Waals surface area contributed by atoms with E-state index in [1.807, 2.05) is 30.5 Å². The molecule has 3 rings (SSSR count). The quantitative estimate of drug-likeness (QED) is 0.543. The van der Waals surface area contributed by atoms with Gasteiger partial charge in [-0.2, -0.15) is 5.10 Å². The second-order valence-corrected chi connectivity index (χ2v) is 7.98. The number of halogens is 1. The predicted molar refractivity (Wildman–Crippen MR) is 110 cm³/mol. The van der Waals surface area contributed by atoms with Gasteiger partial charge in [0, 0.05) is 29.7 Å². The van der Waals surface area contributed by atoms with E-state index in [0.717, 1.165) is 11.1 Å². The van der Waals surface area contributed by atoms with Gasteiger partial charge in [-0.1, -0.05) is 53.8 Å². The van der Waals surface area contributed by atoms with Crippen LogP contribution in [0, 0.1) is 0 Å². The number of amides is 1. The van der Waals surface area contributed by atoms with E-state index in [1.54, 1.807) is 17.0 Å². The first-order valence-corrected chi connectivity index (χ1v) is 9.77. The molecule has 1 N–H and O–H groups in total. The lowest BCUT2D eigenvalue weighted by atomic mass is 10.2. The number of thioether (sulfide) groups is 1. The molecule has 2 heterocycles. The molecule has 0 unspecified atom stereocenters. The van der Waals surface area contributed by atoms with Crippen LogP contribution in [-0.2, 0) is 16.1 Å². The average Bonchev–Trinajstić information content (AvgIpc) is 3.16. The van der Waals surface area contributed by atoms with Gasteiger partial charge in [0.25, 0.3) is 5.91 Å². The fraction of sp³-hybridized carbons (Fsp3) is 0.222. The van der Waals surface area contributed by atoms with Crippen molar-refractivity contribution in [2.45, 2.75) is 19.4 Å². The van der Waals surface area contributed by atoms with Crippen molar-refractivity contribution in [3.05, 3.63) is 57.7 Å². The van der Waals surface area contributed by atoms with E-state index in [1.165, 1.54) is 16.7 Å². The molecule has 140 valence electrons. The van der Waals surface area contributed by atoms with Crippen LogP contribution in [0.25, 0.3) is 6.08 Å². The second kappa shape index (κ2) is 8.69. The molecule has 2 aromatic rings. The van der Waals surface area contributed by atoms with E-state index in [-0.39, 0.29) is 12.3 Å². The first-order chi connectivity index (χ1) is 12.9. The maximum atomic E-state index is 12.5. The third kappa shape index (κ3) is 4.97. The summed E-state index contributed by atoms with van der Waals surface area (Å²) in [5.41, 5.74) is 1.74. The first kappa shape index (κ1) is 19.6. The van der Waals surface area contributed by atoms with Gasteiger partial charge in [0.1, 0.15) is 4.32 Å². The highest BCUT2D eigenvalue weighted by molar-refractivity contribution is 8.26. The number of rotatable bonds is 7. The van der Waals surface area contributed by atoms with E-state index in [0.29, 0.717) is 33.8 Å². The molecule has 1 aromatic carbocycles. The monoisotopic (exact) mass is 421 g/mol. The van der Waals surface area contributed by atoms with Gasteiger partial charge in [-0.05, 0) is 24.1 Å². The van der Waals surface area contributed by atoms with Crippen molar-refractivity contribution in [2.75, 3.05) is 6.54 Å². The van der Waals surface area contributed by atoms with E-state index >= 15 is 0 Å². The van der Waals surface area contributed by atoms with Gasteiger partial charge in [0.2, 0.25) is 0 Å². The van der Waals surface area contributed by atoms with Crippen LogP contribution in [0.4, 0.5) is 0 Å². The number of carboxylic acids is 1. The van der Waals surface area contributed by atoms with Crippen molar-refractivity contribution in [2.24, 2.45) is 0 Å². The van der Waals surface area contributed by atoms with Gasteiger partial charge in [-0.15, -0.1) is 0 Å². The van der Waals surface area contributed by atoms with E-state index < -0.39 is 5.97 Å². The Kier molecular flexibility index (Phi) is 6.30. The van der Waals surface area contributed by atoms with Crippen LogP contribution in [0.5, 0.6) is 0 Å². The van der Waals surface area contributed by atoms with Crippen LogP contribution in [0.1, 0.15) is 24.0 Å². The molecular weight excluding hydrogens is 406 g/mol. The first-order valence-electron chi connectivity index (χ1n) is 8.17. The highest BCUT2D eigenvalue weighted by Gasteiger charge is 2.31. The Morgan fingerprint density at radius 3 is 2.89 bits per heavy atom. The molecule has 0 bridgehead atoms. The lowest BCUT2D eigenvalue weighted by molar-refractivity contribution is -0.137. The zero-order chi connectivity index (χ0) is 19.4. The third-order valence-corrected chi connectivity index (χ3v) is 5.63. The van der Waals surface area contributed by atoms with Crippen LogP contribution in [0.2, 0.25) is 5.02 Å². The minimum Gasteiger partial charge on any atom is -0.481 e. The normalized spacial score (nSPS) is 15.7. The molecule has 1 fully saturated rings. The van der Waals surface area contributed by atoms with E-state index in [2.05, 4.69) is 5.10 Å². The van der Waals surface area contributed by atoms with Crippen LogP contribution < -0.4 is 0 Å². The van der Waals surface area contributed by atoms with Gasteiger partial charge in [-0.25, -0.2) is 0 Å². The highest BCUT2D eigenvalue weighted by atomic mass is 35.5. The van der Waals surface area contributed by atoms with Gasteiger partial charge in [0.05, 0.1) is 17.6 Å². The number of hydrogen-bond donors (Lipinski definition) is 1. The Balaban J connectivity index is 1.67. The third-order valence-electron chi connectivity index (χ3n) is 3.89. The maximum Gasteiger partial charge on any atom is 0.303 e. The molecular formula is C18H16ClN3O3S2. The van der Waals surface area contributed by atoms with Gasteiger partial charge in [0.15, 0.2) is 0 Å². The van der Waals surface area contributed by atoms with Gasteiger partial charge in [-0.3, -0.25) is 19.2 Å². The molecule has 0 spiro atoms. The number of aromatic nitrogens is 2. The van der Waals surface area contributed by atoms with Crippen molar-refractivity contribution in [1.29, 1.82) is 0 Å². The maximum absolute atomic E-state index is 12.5. The Morgan fingerprint density at radius 1 is 1.37 bits per heavy atom. The molecule has 6 nitrogen and oxygen atoms in total. The van der Waals surface area contributed by atoms with Gasteiger partial charge >= 0.3 is 5.97 Å². The standard InChI is InChI=1S/C18H16ClN3O3S2/c19-14-5-2-1-4-13(14)11-21-10-12(9-20-21)8-15-17(25)22(18(26)27-15)7-3-6-16(23)24/h1-2,4-5,8-10H,3,6-7,11H2,(H,23,24)/b15-8+. The average molecular weight is 422 g/mol. The number of hydrogen-bond acceptors (Lipinski definition) is 5. The number of thiocarbonyl (C=S) groups is 1. The summed E-state index contributed by atoms with van der Waals surface area (Å²) in [4.78, 5) is 25.1. The Hall–Kier alpha value is -2.16. The van der Waals surface area contributed by atoms with Crippen molar-refractivity contribution >= 4 is 57.9 Å². The summed E-state index contributed by atoms with van der Waals surface area (Å²) in [6, 6.07) is 7.56. The fourth-order valence-corrected chi connectivity index (χ4v) is 4.08. The number of nitrogens with zero attached hydrogens (tertiary/aromatic N) is 3. The van der Waals surface area contributed by atoms with E-state index in [9.17, 15) is 9.59 Å². The summed E-state index contributed by atoms with van der Waals surface area (Å²) in [6.07, 6.45) is 5.62. The molecule has 0 aliphatic carbocycles. The molecule has 1 amide bonds. The van der Waals surface area contributed by atoms with Gasteiger partial charge < -0.3 is 5.11 Å². The van der Waals surface area contributed by atoms with E-state index in [4.69, 9.17) is 28.9 Å². The number of carbonyl (C=O) groups excluding carboxylic acids is 1. The molecule has 1 aromatic heterocycles. The summed E-state index contributed by atoms with van der Waals surface area (Å²) in [7, 11) is 0. The minimum absolute atomic E-state index is 0.00488. The summed E-state index contributed by atoms with van der Waals surface area (Å²) in [6.45, 7) is 0.837. The van der Waals surface area contributed by atoms with Crippen molar-refractivity contribution < 1.29 is 14.7 Å². The smallest absolute Gasteiger partial charge is 0.303 e. The summed E-state index contributed by atoms with van der Waals surface area (Å²) < 4.78 is 2.20. The topological polar surface area (TPSA) is 75.4 Å². The Morgan fingerprint density at radius 2 is 2.15 bits per heavy atom. The van der Waals surface area contributed by atoms with Crippen LogP contribution in [0.15, 0.2) is 41.6 Å². The van der Waals surface area contributed by atoms with Crippen LogP contribution >= 0.6 is 35.6 Å². The lowest BCUT2D eigenvalue weighted by Crippen LogP contribution is -2.29. The second-order valence-electron chi connectivity index (χ2n) is 5.89. The Labute approximate surface area is 170 Å². The summed E-state index contributed by atoms with van der Waals surface area (Å²) in [5.74, 6) is -1.09. The molecule has 1 aliphatic rings. The summed E-state index contributed by atoms with van der Waals surface area (Å²) in [5, 5.41) is 13.7. The molecule has 0 atom stereocenters. The summed E-state index contributed by atoms with van der Waals surface area (Å²) >= 11 is 12.6. The van der Waals surface area contributed by atoms with Crippen molar-refractivity contribution in [3.63, 3.8) is 0 Å². The zero-order valence-electron chi connectivity index (χ0n) is 14.2. The molecule has 27 heavy (non-hydrogen) atoms. The molecule has 0 radical (unpaired) electrons. The van der Waals surface area contributed by atoms with Crippen LogP contribution in [-0.4, -0.2) is 42.5 Å². The highest BCUT2D eigenvalue weighted by Crippen LogP contribution is 2.32. The lowest BCUT2D eigenvalue weighted by Gasteiger charge is -2.13. The SMILES string of the molecule is O=C(O)CCCN1C(=O)/C(=C\c2cnn(Cc3ccccc3Cl)c2)SC1=S. The number of aliphatic carboxylic acids is 1. The zero-order valence-corrected chi connectivity index (χ0v) is 16.6. The minimum atomic E-state index is -0.887. The number of carboxylic acid groups (broad SMARTS) is 1. The molecule has 0 saturated carbocycles. The van der Waals surface area contributed by atoms with Crippen LogP contribution in [0.3, 0.4) is 0 Å². The molecule has 1 aliphatic heterocycles. The molecule has 1 saturated heterocycles. The molecule has 9 heteroatoms. The largest absolute Gasteiger partial charge is 0.481 e. The number of carbonyl (C=O) groups is 2. The van der Waals surface area contributed by atoms with Crippen molar-refractivity contribution in [3.8, 4) is 0 Å².